The van der Waals surface area contributed by atoms with E-state index in [-0.39, 0.29) is 0 Å². The van der Waals surface area contributed by atoms with Gasteiger partial charge in [-0.1, -0.05) is 19.3 Å². The van der Waals surface area contributed by atoms with Crippen molar-refractivity contribution < 1.29 is 4.74 Å². The van der Waals surface area contributed by atoms with Crippen molar-refractivity contribution in [3.8, 4) is 5.75 Å². The monoisotopic (exact) mass is 263 g/mol. The Balaban J connectivity index is 2.16. The Hall–Kier alpha value is -0.960. The molecule has 0 amide bonds. The fourth-order valence-corrected chi connectivity index (χ4v) is 2.59. The first-order chi connectivity index (χ1) is 8.70. The molecular weight excluding hydrogens is 242 g/mol. The Morgan fingerprint density at radius 2 is 2.00 bits per heavy atom. The number of rotatable bonds is 3. The normalized spacial score (nSPS) is 17.3. The highest BCUT2D eigenvalue weighted by Crippen LogP contribution is 2.25. The molecule has 0 spiro atoms. The molecule has 0 aliphatic heterocycles. The van der Waals surface area contributed by atoms with E-state index < -0.39 is 0 Å². The summed E-state index contributed by atoms with van der Waals surface area (Å²) in [6.45, 7) is 2.04. The summed E-state index contributed by atoms with van der Waals surface area (Å²) in [5.41, 5.74) is 2.18. The Labute approximate surface area is 115 Å². The lowest BCUT2D eigenvalue weighted by Gasteiger charge is -2.17. The Morgan fingerprint density at radius 3 is 2.67 bits per heavy atom. The molecule has 0 saturated heterocycles. The summed E-state index contributed by atoms with van der Waals surface area (Å²) in [6, 6.07) is 4.50. The first-order valence-electron chi connectivity index (χ1n) is 6.61. The summed E-state index contributed by atoms with van der Waals surface area (Å²) in [5.74, 6) is 0.871. The SMILES string of the molecule is COc1cc(C)c(S)c(C=NC2CCCCC2)c1. The maximum absolute atomic E-state index is 5.29. The fourth-order valence-electron chi connectivity index (χ4n) is 2.40. The minimum Gasteiger partial charge on any atom is -0.497 e. The number of thiol groups is 1. The number of nitrogens with zero attached hydrogens (tertiary/aromatic N) is 1. The molecule has 2 nitrogen and oxygen atoms in total. The zero-order valence-corrected chi connectivity index (χ0v) is 12.0. The zero-order chi connectivity index (χ0) is 13.0. The molecule has 1 fully saturated rings. The zero-order valence-electron chi connectivity index (χ0n) is 11.1. The van der Waals surface area contributed by atoms with Crippen LogP contribution < -0.4 is 4.74 Å². The van der Waals surface area contributed by atoms with Gasteiger partial charge in [0.1, 0.15) is 5.75 Å². The lowest BCUT2D eigenvalue weighted by molar-refractivity contribution is 0.414. The van der Waals surface area contributed by atoms with Crippen LogP contribution in [-0.4, -0.2) is 19.4 Å². The van der Waals surface area contributed by atoms with E-state index in [0.717, 1.165) is 21.8 Å². The minimum atomic E-state index is 0.498. The summed E-state index contributed by atoms with van der Waals surface area (Å²) >= 11 is 4.55. The van der Waals surface area contributed by atoms with Crippen molar-refractivity contribution in [1.29, 1.82) is 0 Å². The molecule has 1 aliphatic rings. The number of ether oxygens (including phenoxy) is 1. The highest BCUT2D eigenvalue weighted by Gasteiger charge is 2.11. The second kappa shape index (κ2) is 6.28. The first-order valence-corrected chi connectivity index (χ1v) is 7.06. The molecule has 2 rings (SSSR count). The fraction of sp³-hybridized carbons (Fsp3) is 0.533. The van der Waals surface area contributed by atoms with Crippen LogP contribution >= 0.6 is 12.6 Å². The average Bonchev–Trinajstić information content (AvgIpc) is 2.41. The van der Waals surface area contributed by atoms with Crippen LogP contribution in [0.1, 0.15) is 43.2 Å². The molecule has 0 aromatic heterocycles. The van der Waals surface area contributed by atoms with E-state index in [0.29, 0.717) is 6.04 Å². The smallest absolute Gasteiger partial charge is 0.119 e. The van der Waals surface area contributed by atoms with Crippen molar-refractivity contribution >= 4 is 18.8 Å². The molecule has 1 aromatic rings. The van der Waals surface area contributed by atoms with E-state index in [9.17, 15) is 0 Å². The molecule has 18 heavy (non-hydrogen) atoms. The van der Waals surface area contributed by atoms with E-state index >= 15 is 0 Å². The van der Waals surface area contributed by atoms with Gasteiger partial charge in [-0.05, 0) is 37.5 Å². The standard InChI is InChI=1S/C15H21NOS/c1-11-8-14(17-2)9-12(15(11)18)10-16-13-6-4-3-5-7-13/h8-10,13,18H,3-7H2,1-2H3. The highest BCUT2D eigenvalue weighted by molar-refractivity contribution is 7.80. The summed E-state index contributed by atoms with van der Waals surface area (Å²) < 4.78 is 5.29. The molecule has 0 bridgehead atoms. The van der Waals surface area contributed by atoms with Gasteiger partial charge in [-0.3, -0.25) is 4.99 Å². The van der Waals surface area contributed by atoms with Crippen molar-refractivity contribution in [2.24, 2.45) is 4.99 Å². The van der Waals surface area contributed by atoms with Crippen LogP contribution in [0, 0.1) is 6.92 Å². The third-order valence-corrected chi connectivity index (χ3v) is 4.15. The quantitative estimate of drug-likeness (QED) is 0.645. The molecule has 98 valence electrons. The molecule has 0 N–H and O–H groups in total. The van der Waals surface area contributed by atoms with Crippen LogP contribution in [0.25, 0.3) is 0 Å². The van der Waals surface area contributed by atoms with Crippen molar-refractivity contribution in [3.05, 3.63) is 23.3 Å². The number of benzene rings is 1. The second-order valence-corrected chi connectivity index (χ2v) is 5.40. The van der Waals surface area contributed by atoms with Crippen molar-refractivity contribution in [3.63, 3.8) is 0 Å². The largest absolute Gasteiger partial charge is 0.497 e. The van der Waals surface area contributed by atoms with Crippen molar-refractivity contribution in [2.45, 2.75) is 50.0 Å². The van der Waals surface area contributed by atoms with Crippen molar-refractivity contribution in [2.75, 3.05) is 7.11 Å². The minimum absolute atomic E-state index is 0.498. The van der Waals surface area contributed by atoms with E-state index in [4.69, 9.17) is 9.73 Å². The Kier molecular flexibility index (Phi) is 4.70. The summed E-state index contributed by atoms with van der Waals surface area (Å²) in [6.07, 6.45) is 8.40. The van der Waals surface area contributed by atoms with E-state index in [1.54, 1.807) is 7.11 Å². The third kappa shape index (κ3) is 3.29. The molecule has 1 saturated carbocycles. The van der Waals surface area contributed by atoms with Crippen LogP contribution in [0.15, 0.2) is 22.0 Å². The number of aryl methyl sites for hydroxylation is 1. The van der Waals surface area contributed by atoms with Gasteiger partial charge in [-0.15, -0.1) is 12.6 Å². The average molecular weight is 263 g/mol. The van der Waals surface area contributed by atoms with Gasteiger partial charge in [0, 0.05) is 22.7 Å². The maximum atomic E-state index is 5.29. The number of aliphatic imine (C=N–C) groups is 1. The Bertz CT molecular complexity index is 436. The van der Waals surface area contributed by atoms with E-state index in [2.05, 4.69) is 12.6 Å². The van der Waals surface area contributed by atoms with Gasteiger partial charge >= 0.3 is 0 Å². The van der Waals surface area contributed by atoms with Crippen LogP contribution in [0.3, 0.4) is 0 Å². The molecule has 1 aromatic carbocycles. The van der Waals surface area contributed by atoms with Crippen LogP contribution in [-0.2, 0) is 0 Å². The van der Waals surface area contributed by atoms with Gasteiger partial charge in [0.15, 0.2) is 0 Å². The van der Waals surface area contributed by atoms with Crippen LogP contribution in [0.2, 0.25) is 0 Å². The lowest BCUT2D eigenvalue weighted by atomic mass is 9.96. The third-order valence-electron chi connectivity index (χ3n) is 3.54. The molecule has 0 heterocycles. The molecule has 0 unspecified atom stereocenters. The Morgan fingerprint density at radius 1 is 1.28 bits per heavy atom. The molecule has 0 radical (unpaired) electrons. The topological polar surface area (TPSA) is 21.6 Å². The molecule has 0 atom stereocenters. The first kappa shape index (κ1) is 13.5. The van der Waals surface area contributed by atoms with Gasteiger partial charge < -0.3 is 4.74 Å². The maximum Gasteiger partial charge on any atom is 0.119 e. The molecule has 3 heteroatoms. The second-order valence-electron chi connectivity index (χ2n) is 4.95. The van der Waals surface area contributed by atoms with Gasteiger partial charge in [-0.2, -0.15) is 0 Å². The number of methoxy groups -OCH3 is 1. The summed E-state index contributed by atoms with van der Waals surface area (Å²) in [4.78, 5) is 5.70. The van der Waals surface area contributed by atoms with Crippen molar-refractivity contribution in [1.82, 2.24) is 0 Å². The van der Waals surface area contributed by atoms with Gasteiger partial charge in [0.25, 0.3) is 0 Å². The predicted octanol–water partition coefficient (Wildman–Crippen LogP) is 4.04. The predicted molar refractivity (Wildman–Crippen MR) is 79.5 cm³/mol. The van der Waals surface area contributed by atoms with Crippen LogP contribution in [0.4, 0.5) is 0 Å². The van der Waals surface area contributed by atoms with Crippen LogP contribution in [0.5, 0.6) is 5.75 Å². The summed E-state index contributed by atoms with van der Waals surface area (Å²) in [7, 11) is 1.69. The number of hydrogen-bond donors (Lipinski definition) is 1. The van der Waals surface area contributed by atoms with Gasteiger partial charge in [-0.25, -0.2) is 0 Å². The highest BCUT2D eigenvalue weighted by atomic mass is 32.1. The van der Waals surface area contributed by atoms with Gasteiger partial charge in [0.2, 0.25) is 0 Å². The van der Waals surface area contributed by atoms with E-state index in [1.165, 1.54) is 32.1 Å². The van der Waals surface area contributed by atoms with E-state index in [1.807, 2.05) is 25.3 Å². The van der Waals surface area contributed by atoms with Gasteiger partial charge in [0.05, 0.1) is 7.11 Å². The molecule has 1 aliphatic carbocycles. The lowest BCUT2D eigenvalue weighted by Crippen LogP contribution is -2.09. The molecular formula is C15H21NOS. The number of hydrogen-bond acceptors (Lipinski definition) is 3. The summed E-state index contributed by atoms with van der Waals surface area (Å²) in [5, 5.41) is 0.